The molecular weight excluding hydrogens is 332 g/mol. The zero-order chi connectivity index (χ0) is 14.8. The van der Waals surface area contributed by atoms with Gasteiger partial charge >= 0.3 is 0 Å². The maximum absolute atomic E-state index is 12.4. The molecule has 1 heterocycles. The average molecular weight is 345 g/mol. The van der Waals surface area contributed by atoms with E-state index >= 15 is 0 Å². The van der Waals surface area contributed by atoms with Gasteiger partial charge in [0.05, 0.1) is 18.5 Å². The molecule has 0 radical (unpaired) electrons. The largest absolute Gasteiger partial charge is 0.497 e. The molecule has 0 saturated heterocycles. The van der Waals surface area contributed by atoms with Crippen molar-refractivity contribution < 1.29 is 4.74 Å². The third-order valence-electron chi connectivity index (χ3n) is 3.21. The molecule has 106 valence electrons. The summed E-state index contributed by atoms with van der Waals surface area (Å²) < 4.78 is 7.20. The lowest BCUT2D eigenvalue weighted by Gasteiger charge is -2.04. The Balaban J connectivity index is 2.15. The van der Waals surface area contributed by atoms with Gasteiger partial charge in [0.2, 0.25) is 0 Å². The Kier molecular flexibility index (Phi) is 3.66. The molecule has 2 aromatic carbocycles. The van der Waals surface area contributed by atoms with Crippen LogP contribution in [0.25, 0.3) is 16.9 Å². The molecule has 0 unspecified atom stereocenters. The van der Waals surface area contributed by atoms with Gasteiger partial charge in [-0.25, -0.2) is 4.68 Å². The molecule has 5 heteroatoms. The summed E-state index contributed by atoms with van der Waals surface area (Å²) in [4.78, 5) is 12.4. The molecule has 0 aliphatic heterocycles. The number of benzene rings is 2. The monoisotopic (exact) mass is 344 g/mol. The topological polar surface area (TPSA) is 47.0 Å². The quantitative estimate of drug-likeness (QED) is 0.788. The van der Waals surface area contributed by atoms with Crippen molar-refractivity contribution in [2.45, 2.75) is 0 Å². The minimum atomic E-state index is -0.137. The highest BCUT2D eigenvalue weighted by atomic mass is 79.9. The minimum Gasteiger partial charge on any atom is -0.497 e. The second-order valence-electron chi connectivity index (χ2n) is 4.51. The van der Waals surface area contributed by atoms with Gasteiger partial charge in [0.1, 0.15) is 10.2 Å². The number of ether oxygens (including phenoxy) is 1. The third kappa shape index (κ3) is 2.52. The predicted octanol–water partition coefficient (Wildman–Crippen LogP) is 3.60. The number of aromatic amines is 1. The van der Waals surface area contributed by atoms with Gasteiger partial charge in [0.15, 0.2) is 0 Å². The lowest BCUT2D eigenvalue weighted by molar-refractivity contribution is 0.414. The number of hydrogen-bond acceptors (Lipinski definition) is 2. The molecule has 3 rings (SSSR count). The summed E-state index contributed by atoms with van der Waals surface area (Å²) in [6, 6.07) is 17.0. The van der Waals surface area contributed by atoms with Crippen molar-refractivity contribution in [2.24, 2.45) is 0 Å². The van der Waals surface area contributed by atoms with Gasteiger partial charge < -0.3 is 4.74 Å². The summed E-state index contributed by atoms with van der Waals surface area (Å²) in [5.41, 5.74) is 2.29. The fraction of sp³-hybridized carbons (Fsp3) is 0.0625. The highest BCUT2D eigenvalue weighted by Gasteiger charge is 2.14. The standard InChI is InChI=1S/C16H13BrN2O2/c1-21-13-9-5-8-12(10-13)19-16(20)14(17)15(18-19)11-6-3-2-4-7-11/h2-10,18H,1H3. The number of H-pyrrole nitrogens is 1. The number of nitrogens with one attached hydrogen (secondary N) is 1. The number of hydrogen-bond donors (Lipinski definition) is 1. The fourth-order valence-electron chi connectivity index (χ4n) is 2.14. The number of methoxy groups -OCH3 is 1. The summed E-state index contributed by atoms with van der Waals surface area (Å²) in [6.45, 7) is 0. The molecule has 21 heavy (non-hydrogen) atoms. The van der Waals surface area contributed by atoms with Crippen molar-refractivity contribution in [3.8, 4) is 22.7 Å². The first-order valence-corrected chi connectivity index (χ1v) is 7.20. The Morgan fingerprint density at radius 1 is 1.10 bits per heavy atom. The average Bonchev–Trinajstić information content (AvgIpc) is 2.84. The number of nitrogens with zero attached hydrogens (tertiary/aromatic N) is 1. The van der Waals surface area contributed by atoms with Crippen molar-refractivity contribution in [1.82, 2.24) is 9.78 Å². The molecule has 0 aliphatic carbocycles. The van der Waals surface area contributed by atoms with Gasteiger partial charge in [0, 0.05) is 11.6 Å². The second kappa shape index (κ2) is 5.61. The fourth-order valence-corrected chi connectivity index (χ4v) is 2.64. The van der Waals surface area contributed by atoms with E-state index in [0.717, 1.165) is 16.9 Å². The summed E-state index contributed by atoms with van der Waals surface area (Å²) in [5, 5.41) is 3.14. The molecule has 0 atom stereocenters. The molecule has 0 bridgehead atoms. The number of rotatable bonds is 3. The number of halogens is 1. The molecule has 0 fully saturated rings. The SMILES string of the molecule is COc1cccc(-n2[nH]c(-c3ccccc3)c(Br)c2=O)c1. The van der Waals surface area contributed by atoms with Gasteiger partial charge in [-0.1, -0.05) is 36.4 Å². The maximum atomic E-state index is 12.4. The van der Waals surface area contributed by atoms with Crippen molar-refractivity contribution in [2.75, 3.05) is 7.11 Å². The molecule has 1 N–H and O–H groups in total. The van der Waals surface area contributed by atoms with Crippen LogP contribution < -0.4 is 10.3 Å². The summed E-state index contributed by atoms with van der Waals surface area (Å²) in [7, 11) is 1.60. The van der Waals surface area contributed by atoms with Gasteiger partial charge in [0.25, 0.3) is 5.56 Å². The molecule has 3 aromatic rings. The zero-order valence-electron chi connectivity index (χ0n) is 11.3. The maximum Gasteiger partial charge on any atom is 0.286 e. The summed E-state index contributed by atoms with van der Waals surface area (Å²) in [6.07, 6.45) is 0. The summed E-state index contributed by atoms with van der Waals surface area (Å²) in [5.74, 6) is 0.700. The van der Waals surface area contributed by atoms with E-state index in [-0.39, 0.29) is 5.56 Å². The number of aromatic nitrogens is 2. The van der Waals surface area contributed by atoms with Gasteiger partial charge in [-0.15, -0.1) is 0 Å². The first-order valence-electron chi connectivity index (χ1n) is 6.41. The van der Waals surface area contributed by atoms with E-state index in [4.69, 9.17) is 4.74 Å². The predicted molar refractivity (Wildman–Crippen MR) is 86.1 cm³/mol. The van der Waals surface area contributed by atoms with E-state index in [1.54, 1.807) is 13.2 Å². The van der Waals surface area contributed by atoms with Crippen LogP contribution in [0.5, 0.6) is 5.75 Å². The van der Waals surface area contributed by atoms with Crippen LogP contribution in [0.4, 0.5) is 0 Å². The van der Waals surface area contributed by atoms with Gasteiger partial charge in [-0.05, 0) is 28.1 Å². The summed E-state index contributed by atoms with van der Waals surface area (Å²) >= 11 is 3.37. The normalized spacial score (nSPS) is 10.6. The van der Waals surface area contributed by atoms with E-state index in [0.29, 0.717) is 10.2 Å². The van der Waals surface area contributed by atoms with E-state index < -0.39 is 0 Å². The van der Waals surface area contributed by atoms with Crippen LogP contribution in [0.15, 0.2) is 63.9 Å². The smallest absolute Gasteiger partial charge is 0.286 e. The Bertz CT molecular complexity index is 822. The second-order valence-corrected chi connectivity index (χ2v) is 5.30. The van der Waals surface area contributed by atoms with Crippen molar-refractivity contribution >= 4 is 15.9 Å². The Hall–Kier alpha value is -2.27. The molecular formula is C16H13BrN2O2. The molecule has 1 aromatic heterocycles. The Morgan fingerprint density at radius 2 is 1.86 bits per heavy atom. The molecule has 0 spiro atoms. The molecule has 4 nitrogen and oxygen atoms in total. The molecule has 0 aliphatic rings. The van der Waals surface area contributed by atoms with E-state index in [2.05, 4.69) is 21.0 Å². The van der Waals surface area contributed by atoms with Crippen molar-refractivity contribution in [1.29, 1.82) is 0 Å². The van der Waals surface area contributed by atoms with Crippen LogP contribution in [0.1, 0.15) is 0 Å². The van der Waals surface area contributed by atoms with Crippen LogP contribution in [-0.2, 0) is 0 Å². The highest BCUT2D eigenvalue weighted by Crippen LogP contribution is 2.25. The molecule has 0 saturated carbocycles. The van der Waals surface area contributed by atoms with Crippen LogP contribution in [0.2, 0.25) is 0 Å². The van der Waals surface area contributed by atoms with Gasteiger partial charge in [-0.3, -0.25) is 9.89 Å². The zero-order valence-corrected chi connectivity index (χ0v) is 12.9. The third-order valence-corrected chi connectivity index (χ3v) is 3.94. The van der Waals surface area contributed by atoms with Crippen LogP contribution in [0.3, 0.4) is 0 Å². The molecule has 0 amide bonds. The highest BCUT2D eigenvalue weighted by molar-refractivity contribution is 9.10. The first kappa shape index (κ1) is 13.7. The van der Waals surface area contributed by atoms with E-state index in [9.17, 15) is 4.79 Å². The van der Waals surface area contributed by atoms with E-state index in [1.165, 1.54) is 4.68 Å². The van der Waals surface area contributed by atoms with Crippen molar-refractivity contribution in [3.05, 3.63) is 69.4 Å². The van der Waals surface area contributed by atoms with Gasteiger partial charge in [-0.2, -0.15) is 0 Å². The lowest BCUT2D eigenvalue weighted by atomic mass is 10.2. The minimum absolute atomic E-state index is 0.137. The Labute approximate surface area is 130 Å². The lowest BCUT2D eigenvalue weighted by Crippen LogP contribution is -2.14. The van der Waals surface area contributed by atoms with Crippen LogP contribution in [-0.4, -0.2) is 16.9 Å². The van der Waals surface area contributed by atoms with Crippen LogP contribution in [0, 0.1) is 0 Å². The Morgan fingerprint density at radius 3 is 2.57 bits per heavy atom. The van der Waals surface area contributed by atoms with E-state index in [1.807, 2.05) is 48.5 Å². The van der Waals surface area contributed by atoms with Crippen molar-refractivity contribution in [3.63, 3.8) is 0 Å². The van der Waals surface area contributed by atoms with Crippen LogP contribution >= 0.6 is 15.9 Å². The first-order chi connectivity index (χ1) is 10.2.